The number of hydrogen-bond donors (Lipinski definition) is 2. The average Bonchev–Trinajstić information content (AvgIpc) is 3.28. The SMILES string of the molecule is Cc1ccccc1Nc1nc(N)nc(CSc2nnc(N3CCOCC3)n2-c2cccc(F)c2)n1. The fraction of sp³-hybridized carbons (Fsp3) is 0.261. The van der Waals surface area contributed by atoms with Gasteiger partial charge in [0, 0.05) is 18.8 Å². The van der Waals surface area contributed by atoms with Gasteiger partial charge < -0.3 is 20.7 Å². The van der Waals surface area contributed by atoms with Crippen molar-refractivity contribution in [3.63, 3.8) is 0 Å². The molecule has 0 saturated carbocycles. The zero-order valence-electron chi connectivity index (χ0n) is 19.1. The van der Waals surface area contributed by atoms with E-state index in [9.17, 15) is 4.39 Å². The first-order chi connectivity index (χ1) is 17.1. The van der Waals surface area contributed by atoms with Crippen LogP contribution in [-0.2, 0) is 10.5 Å². The third-order valence-electron chi connectivity index (χ3n) is 5.40. The van der Waals surface area contributed by atoms with Crippen molar-refractivity contribution in [2.24, 2.45) is 0 Å². The molecule has 0 radical (unpaired) electrons. The number of benzene rings is 2. The summed E-state index contributed by atoms with van der Waals surface area (Å²) in [5, 5.41) is 12.6. The van der Waals surface area contributed by atoms with Crippen molar-refractivity contribution in [3.8, 4) is 5.69 Å². The predicted octanol–water partition coefficient (Wildman–Crippen LogP) is 3.35. The number of aryl methyl sites for hydroxylation is 1. The van der Waals surface area contributed by atoms with Crippen LogP contribution in [0.4, 0.5) is 27.9 Å². The van der Waals surface area contributed by atoms with E-state index >= 15 is 0 Å². The second-order valence-electron chi connectivity index (χ2n) is 7.86. The standard InChI is InChI=1S/C23H24FN9OS/c1-15-5-2-3-8-18(15)26-21-28-19(27-20(25)29-21)14-35-23-31-30-22(32-9-11-34-12-10-32)33(23)17-7-4-6-16(24)13-17/h2-8,13H,9-12,14H2,1H3,(H3,25,26,27,28,29). The van der Waals surface area contributed by atoms with Gasteiger partial charge in [-0.25, -0.2) is 4.39 Å². The van der Waals surface area contributed by atoms with Crippen molar-refractivity contribution >= 4 is 35.3 Å². The van der Waals surface area contributed by atoms with E-state index in [2.05, 4.69) is 35.4 Å². The third kappa shape index (κ3) is 5.33. The number of anilines is 4. The van der Waals surface area contributed by atoms with Gasteiger partial charge in [0.1, 0.15) is 11.6 Å². The number of nitrogens with two attached hydrogens (primary N) is 1. The molecule has 0 unspecified atom stereocenters. The minimum Gasteiger partial charge on any atom is -0.378 e. The van der Waals surface area contributed by atoms with Crippen LogP contribution in [-0.4, -0.2) is 56.0 Å². The highest BCUT2D eigenvalue weighted by Crippen LogP contribution is 2.29. The quantitative estimate of drug-likeness (QED) is 0.371. The Morgan fingerprint density at radius 3 is 2.69 bits per heavy atom. The van der Waals surface area contributed by atoms with Gasteiger partial charge in [-0.15, -0.1) is 10.2 Å². The second-order valence-corrected chi connectivity index (χ2v) is 8.80. The average molecular weight is 494 g/mol. The van der Waals surface area contributed by atoms with E-state index in [-0.39, 0.29) is 11.8 Å². The second kappa shape index (κ2) is 10.2. The minimum absolute atomic E-state index is 0.118. The van der Waals surface area contributed by atoms with Crippen LogP contribution in [0.15, 0.2) is 53.7 Å². The van der Waals surface area contributed by atoms with E-state index in [0.717, 1.165) is 11.3 Å². The van der Waals surface area contributed by atoms with Gasteiger partial charge in [0.15, 0.2) is 5.16 Å². The van der Waals surface area contributed by atoms with Crippen molar-refractivity contribution in [2.45, 2.75) is 17.8 Å². The van der Waals surface area contributed by atoms with Gasteiger partial charge in [0.05, 0.1) is 24.7 Å². The number of thioether (sulfide) groups is 1. The van der Waals surface area contributed by atoms with E-state index in [1.54, 1.807) is 6.07 Å². The number of nitrogens with zero attached hydrogens (tertiary/aromatic N) is 7. The van der Waals surface area contributed by atoms with Crippen LogP contribution in [0.25, 0.3) is 5.69 Å². The normalized spacial score (nSPS) is 13.7. The van der Waals surface area contributed by atoms with E-state index < -0.39 is 0 Å². The molecule has 1 saturated heterocycles. The number of hydrogen-bond acceptors (Lipinski definition) is 10. The summed E-state index contributed by atoms with van der Waals surface area (Å²) in [6.07, 6.45) is 0. The summed E-state index contributed by atoms with van der Waals surface area (Å²) in [5.74, 6) is 1.64. The molecule has 2 aromatic heterocycles. The Hall–Kier alpha value is -3.77. The van der Waals surface area contributed by atoms with Gasteiger partial charge in [0.2, 0.25) is 17.8 Å². The summed E-state index contributed by atoms with van der Waals surface area (Å²) in [6.45, 7) is 4.54. The number of ether oxygens (including phenoxy) is 1. The van der Waals surface area contributed by atoms with Crippen molar-refractivity contribution in [2.75, 3.05) is 42.3 Å². The maximum absolute atomic E-state index is 14.1. The lowest BCUT2D eigenvalue weighted by atomic mass is 10.2. The number of rotatable bonds is 7. The van der Waals surface area contributed by atoms with Crippen LogP contribution < -0.4 is 16.0 Å². The molecular formula is C23H24FN9OS. The maximum atomic E-state index is 14.1. The number of aromatic nitrogens is 6. The number of nitrogens with one attached hydrogen (secondary N) is 1. The summed E-state index contributed by atoms with van der Waals surface area (Å²) in [5.41, 5.74) is 8.53. The van der Waals surface area contributed by atoms with Crippen molar-refractivity contribution in [3.05, 3.63) is 65.7 Å². The number of nitrogen functional groups attached to an aromatic ring is 1. The minimum atomic E-state index is -0.336. The third-order valence-corrected chi connectivity index (χ3v) is 6.32. The van der Waals surface area contributed by atoms with Crippen LogP contribution in [0.2, 0.25) is 0 Å². The van der Waals surface area contributed by atoms with Crippen LogP contribution in [0, 0.1) is 12.7 Å². The lowest BCUT2D eigenvalue weighted by Gasteiger charge is -2.27. The molecular weight excluding hydrogens is 469 g/mol. The van der Waals surface area contributed by atoms with E-state index in [0.29, 0.717) is 60.6 Å². The fourth-order valence-electron chi connectivity index (χ4n) is 3.69. The van der Waals surface area contributed by atoms with Gasteiger partial charge in [0.25, 0.3) is 0 Å². The van der Waals surface area contributed by atoms with Crippen molar-refractivity contribution in [1.82, 2.24) is 29.7 Å². The highest BCUT2D eigenvalue weighted by Gasteiger charge is 2.22. The zero-order chi connectivity index (χ0) is 24.2. The largest absolute Gasteiger partial charge is 0.378 e. The molecule has 2 aromatic carbocycles. The van der Waals surface area contributed by atoms with E-state index in [1.165, 1.54) is 23.9 Å². The molecule has 3 N–H and O–H groups in total. The molecule has 5 rings (SSSR count). The van der Waals surface area contributed by atoms with Gasteiger partial charge in [-0.2, -0.15) is 15.0 Å². The molecule has 1 fully saturated rings. The number of halogens is 1. The first kappa shape index (κ1) is 23.0. The first-order valence-corrected chi connectivity index (χ1v) is 12.1. The molecule has 1 aliphatic rings. The Morgan fingerprint density at radius 2 is 1.89 bits per heavy atom. The van der Waals surface area contributed by atoms with Gasteiger partial charge in [-0.1, -0.05) is 36.0 Å². The van der Waals surface area contributed by atoms with E-state index in [1.807, 2.05) is 41.8 Å². The van der Waals surface area contributed by atoms with Crippen molar-refractivity contribution in [1.29, 1.82) is 0 Å². The maximum Gasteiger partial charge on any atom is 0.232 e. The first-order valence-electron chi connectivity index (χ1n) is 11.1. The molecule has 180 valence electrons. The molecule has 12 heteroatoms. The molecule has 0 aliphatic carbocycles. The molecule has 0 atom stereocenters. The highest BCUT2D eigenvalue weighted by atomic mass is 32.2. The molecule has 0 spiro atoms. The summed E-state index contributed by atoms with van der Waals surface area (Å²) in [7, 11) is 0. The van der Waals surface area contributed by atoms with Crippen LogP contribution in [0.1, 0.15) is 11.4 Å². The van der Waals surface area contributed by atoms with Crippen LogP contribution in [0.3, 0.4) is 0 Å². The molecule has 35 heavy (non-hydrogen) atoms. The van der Waals surface area contributed by atoms with Crippen LogP contribution in [0.5, 0.6) is 0 Å². The van der Waals surface area contributed by atoms with Gasteiger partial charge in [-0.05, 0) is 36.8 Å². The highest BCUT2D eigenvalue weighted by molar-refractivity contribution is 7.98. The molecule has 4 aromatic rings. The van der Waals surface area contributed by atoms with Crippen molar-refractivity contribution < 1.29 is 9.13 Å². The Labute approximate surface area is 205 Å². The molecule has 0 amide bonds. The topological polar surface area (TPSA) is 120 Å². The Kier molecular flexibility index (Phi) is 6.73. The predicted molar refractivity (Wildman–Crippen MR) is 133 cm³/mol. The van der Waals surface area contributed by atoms with E-state index in [4.69, 9.17) is 10.5 Å². The number of morpholine rings is 1. The van der Waals surface area contributed by atoms with Gasteiger partial charge in [-0.3, -0.25) is 4.57 Å². The molecule has 10 nitrogen and oxygen atoms in total. The summed E-state index contributed by atoms with van der Waals surface area (Å²) in [6, 6.07) is 14.2. The van der Waals surface area contributed by atoms with Gasteiger partial charge >= 0.3 is 0 Å². The monoisotopic (exact) mass is 493 g/mol. The zero-order valence-corrected chi connectivity index (χ0v) is 19.9. The summed E-state index contributed by atoms with van der Waals surface area (Å²) < 4.78 is 21.4. The lowest BCUT2D eigenvalue weighted by Crippen LogP contribution is -2.37. The van der Waals surface area contributed by atoms with Crippen LogP contribution >= 0.6 is 11.8 Å². The summed E-state index contributed by atoms with van der Waals surface area (Å²) >= 11 is 1.39. The molecule has 3 heterocycles. The number of para-hydroxylation sites is 1. The lowest BCUT2D eigenvalue weighted by molar-refractivity contribution is 0.122. The smallest absolute Gasteiger partial charge is 0.232 e. The summed E-state index contributed by atoms with van der Waals surface area (Å²) in [4.78, 5) is 15.1. The Balaban J connectivity index is 1.41. The Morgan fingerprint density at radius 1 is 1.06 bits per heavy atom. The molecule has 0 bridgehead atoms. The molecule has 1 aliphatic heterocycles. The fourth-order valence-corrected chi connectivity index (χ4v) is 4.49. The Bertz CT molecular complexity index is 1330.